The molecule has 2 rings (SSSR count). The quantitative estimate of drug-likeness (QED) is 0.848. The summed E-state index contributed by atoms with van der Waals surface area (Å²) in [5.41, 5.74) is 6.57. The molecular formula is C13H21N3OS. The average molecular weight is 267 g/mol. The molecule has 1 fully saturated rings. The van der Waals surface area contributed by atoms with E-state index in [1.54, 1.807) is 11.3 Å². The number of likely N-dealkylation sites (N-methyl/N-ethyl adjacent to an activating group) is 1. The zero-order chi connectivity index (χ0) is 13.1. The molecule has 4 nitrogen and oxygen atoms in total. The fourth-order valence-electron chi connectivity index (χ4n) is 2.21. The molecule has 0 atom stereocenters. The largest absolute Gasteiger partial charge is 0.397 e. The van der Waals surface area contributed by atoms with Crippen molar-refractivity contribution in [3.8, 4) is 0 Å². The zero-order valence-corrected chi connectivity index (χ0v) is 11.9. The van der Waals surface area contributed by atoms with Crippen molar-refractivity contribution >= 4 is 27.8 Å². The van der Waals surface area contributed by atoms with Crippen LogP contribution in [0.3, 0.4) is 0 Å². The summed E-state index contributed by atoms with van der Waals surface area (Å²) in [7, 11) is 0. The molecule has 0 unspecified atom stereocenters. The minimum atomic E-state index is 0.149. The van der Waals surface area contributed by atoms with Crippen molar-refractivity contribution in [2.45, 2.75) is 20.3 Å². The number of hydrogen-bond donors (Lipinski definition) is 1. The summed E-state index contributed by atoms with van der Waals surface area (Å²) in [6.45, 7) is 9.40. The Labute approximate surface area is 112 Å². The number of Topliss-reactive ketones (excluding diaryl/α,β-unsaturated/α-hetero) is 1. The monoisotopic (exact) mass is 267 g/mol. The maximum absolute atomic E-state index is 11.7. The van der Waals surface area contributed by atoms with Gasteiger partial charge in [0.2, 0.25) is 0 Å². The van der Waals surface area contributed by atoms with Gasteiger partial charge in [0.25, 0.3) is 0 Å². The van der Waals surface area contributed by atoms with Crippen molar-refractivity contribution in [2.75, 3.05) is 43.4 Å². The van der Waals surface area contributed by atoms with Crippen LogP contribution in [0.2, 0.25) is 0 Å². The molecule has 1 aliphatic rings. The fourth-order valence-corrected chi connectivity index (χ4v) is 3.35. The van der Waals surface area contributed by atoms with Gasteiger partial charge in [-0.1, -0.05) is 13.8 Å². The Bertz CT molecular complexity index is 422. The van der Waals surface area contributed by atoms with E-state index < -0.39 is 0 Å². The Morgan fingerprint density at radius 1 is 1.33 bits per heavy atom. The van der Waals surface area contributed by atoms with Crippen LogP contribution in [0.5, 0.6) is 0 Å². The highest BCUT2D eigenvalue weighted by Crippen LogP contribution is 2.33. The molecule has 5 heteroatoms. The molecule has 1 aromatic rings. The summed E-state index contributed by atoms with van der Waals surface area (Å²) in [6.07, 6.45) is 0.522. The molecule has 0 aliphatic carbocycles. The van der Waals surface area contributed by atoms with Crippen LogP contribution >= 0.6 is 11.3 Å². The Morgan fingerprint density at radius 2 is 2.00 bits per heavy atom. The van der Waals surface area contributed by atoms with Crippen LogP contribution in [-0.4, -0.2) is 43.4 Å². The lowest BCUT2D eigenvalue weighted by atomic mass is 10.2. The van der Waals surface area contributed by atoms with Gasteiger partial charge < -0.3 is 15.5 Å². The number of nitrogen functional groups attached to an aromatic ring is 1. The summed E-state index contributed by atoms with van der Waals surface area (Å²) in [5.74, 6) is 0.149. The van der Waals surface area contributed by atoms with E-state index in [0.717, 1.165) is 42.6 Å². The molecule has 0 aromatic carbocycles. The van der Waals surface area contributed by atoms with Gasteiger partial charge in [-0.2, -0.15) is 0 Å². The number of anilines is 2. The van der Waals surface area contributed by atoms with Crippen molar-refractivity contribution < 1.29 is 4.79 Å². The van der Waals surface area contributed by atoms with E-state index in [9.17, 15) is 4.79 Å². The molecule has 0 saturated carbocycles. The second-order valence-corrected chi connectivity index (χ2v) is 5.60. The third-order valence-electron chi connectivity index (χ3n) is 3.45. The maximum Gasteiger partial charge on any atom is 0.174 e. The highest BCUT2D eigenvalue weighted by molar-refractivity contribution is 7.18. The Balaban J connectivity index is 2.08. The van der Waals surface area contributed by atoms with E-state index in [0.29, 0.717) is 12.1 Å². The number of hydrogen-bond acceptors (Lipinski definition) is 5. The molecule has 2 N–H and O–H groups in total. The first kappa shape index (κ1) is 13.4. The first-order valence-corrected chi connectivity index (χ1v) is 7.37. The zero-order valence-electron chi connectivity index (χ0n) is 11.1. The molecule has 0 bridgehead atoms. The van der Waals surface area contributed by atoms with Crippen molar-refractivity contribution in [3.05, 3.63) is 10.9 Å². The van der Waals surface area contributed by atoms with E-state index >= 15 is 0 Å². The first-order valence-electron chi connectivity index (χ1n) is 6.55. The van der Waals surface area contributed by atoms with Crippen LogP contribution in [0.25, 0.3) is 0 Å². The first-order chi connectivity index (χ1) is 8.65. The molecule has 18 heavy (non-hydrogen) atoms. The second-order valence-electron chi connectivity index (χ2n) is 4.57. The van der Waals surface area contributed by atoms with Gasteiger partial charge in [0.15, 0.2) is 5.78 Å². The minimum Gasteiger partial charge on any atom is -0.397 e. The summed E-state index contributed by atoms with van der Waals surface area (Å²) in [4.78, 5) is 17.2. The van der Waals surface area contributed by atoms with Crippen LogP contribution in [0.4, 0.5) is 10.7 Å². The number of thiophene rings is 1. The summed E-state index contributed by atoms with van der Waals surface area (Å²) >= 11 is 1.54. The van der Waals surface area contributed by atoms with Crippen molar-refractivity contribution in [3.63, 3.8) is 0 Å². The lowest BCUT2D eigenvalue weighted by Crippen LogP contribution is -2.45. The second kappa shape index (κ2) is 5.71. The maximum atomic E-state index is 11.7. The molecule has 0 amide bonds. The number of piperazine rings is 1. The van der Waals surface area contributed by atoms with E-state index in [1.165, 1.54) is 0 Å². The van der Waals surface area contributed by atoms with Gasteiger partial charge in [-0.3, -0.25) is 4.79 Å². The van der Waals surface area contributed by atoms with Gasteiger partial charge in [-0.05, 0) is 12.6 Å². The number of rotatable bonds is 4. The predicted octanol–water partition coefficient (Wildman–Crippen LogP) is 2.06. The summed E-state index contributed by atoms with van der Waals surface area (Å²) in [5, 5.41) is 1.14. The van der Waals surface area contributed by atoms with E-state index in [2.05, 4.69) is 16.7 Å². The molecule has 2 heterocycles. The van der Waals surface area contributed by atoms with Crippen molar-refractivity contribution in [1.29, 1.82) is 0 Å². The molecule has 0 radical (unpaired) electrons. The van der Waals surface area contributed by atoms with Crippen LogP contribution in [0, 0.1) is 0 Å². The van der Waals surface area contributed by atoms with Gasteiger partial charge >= 0.3 is 0 Å². The van der Waals surface area contributed by atoms with Gasteiger partial charge in [-0.25, -0.2) is 0 Å². The fraction of sp³-hybridized carbons (Fsp3) is 0.615. The SMILES string of the molecule is CCC(=O)c1sc(N2CCN(CC)CC2)cc1N. The Hall–Kier alpha value is -1.07. The third kappa shape index (κ3) is 2.67. The summed E-state index contributed by atoms with van der Waals surface area (Å²) in [6, 6.07) is 1.95. The predicted molar refractivity (Wildman–Crippen MR) is 77.7 cm³/mol. The van der Waals surface area contributed by atoms with Crippen LogP contribution in [0.15, 0.2) is 6.07 Å². The number of ketones is 1. The van der Waals surface area contributed by atoms with Gasteiger partial charge in [0, 0.05) is 32.6 Å². The number of nitrogens with zero attached hydrogens (tertiary/aromatic N) is 2. The van der Waals surface area contributed by atoms with Gasteiger partial charge in [0.05, 0.1) is 15.6 Å². The lowest BCUT2D eigenvalue weighted by molar-refractivity contribution is 0.0993. The topological polar surface area (TPSA) is 49.6 Å². The Kier molecular flexibility index (Phi) is 4.24. The number of carbonyl (C=O) groups excluding carboxylic acids is 1. The Morgan fingerprint density at radius 3 is 2.56 bits per heavy atom. The highest BCUT2D eigenvalue weighted by atomic mass is 32.1. The van der Waals surface area contributed by atoms with Crippen molar-refractivity contribution in [2.24, 2.45) is 0 Å². The molecule has 1 saturated heterocycles. The molecular weight excluding hydrogens is 246 g/mol. The molecule has 1 aromatic heterocycles. The number of nitrogens with two attached hydrogens (primary N) is 1. The molecule has 100 valence electrons. The van der Waals surface area contributed by atoms with Gasteiger partial charge in [-0.15, -0.1) is 11.3 Å². The van der Waals surface area contributed by atoms with E-state index in [1.807, 2.05) is 13.0 Å². The third-order valence-corrected chi connectivity index (χ3v) is 4.71. The smallest absolute Gasteiger partial charge is 0.174 e. The van der Waals surface area contributed by atoms with Crippen LogP contribution in [0.1, 0.15) is 29.9 Å². The van der Waals surface area contributed by atoms with Crippen LogP contribution in [-0.2, 0) is 0 Å². The van der Waals surface area contributed by atoms with Gasteiger partial charge in [0.1, 0.15) is 0 Å². The molecule has 0 spiro atoms. The van der Waals surface area contributed by atoms with Crippen LogP contribution < -0.4 is 10.6 Å². The number of carbonyl (C=O) groups is 1. The standard InChI is InChI=1S/C13H21N3OS/c1-3-11(17)13-10(14)9-12(18-13)16-7-5-15(4-2)6-8-16/h9H,3-8,14H2,1-2H3. The average Bonchev–Trinajstić information content (AvgIpc) is 2.80. The summed E-state index contributed by atoms with van der Waals surface area (Å²) < 4.78 is 0. The highest BCUT2D eigenvalue weighted by Gasteiger charge is 2.20. The minimum absolute atomic E-state index is 0.149. The molecule has 1 aliphatic heterocycles. The lowest BCUT2D eigenvalue weighted by Gasteiger charge is -2.34. The normalized spacial score (nSPS) is 17.1. The van der Waals surface area contributed by atoms with Crippen molar-refractivity contribution in [1.82, 2.24) is 4.90 Å². The van der Waals surface area contributed by atoms with E-state index in [-0.39, 0.29) is 5.78 Å². The van der Waals surface area contributed by atoms with E-state index in [4.69, 9.17) is 5.73 Å².